The Bertz CT molecular complexity index is 748. The van der Waals surface area contributed by atoms with Gasteiger partial charge in [0.1, 0.15) is 6.26 Å². The highest BCUT2D eigenvalue weighted by Crippen LogP contribution is 2.65. The Kier molecular flexibility index (Phi) is 3.76. The number of hydrogen-bond donors (Lipinski definition) is 1. The van der Waals surface area contributed by atoms with Gasteiger partial charge in [0.2, 0.25) is 0 Å². The summed E-state index contributed by atoms with van der Waals surface area (Å²) in [7, 11) is 0. The van der Waals surface area contributed by atoms with Gasteiger partial charge in [0.15, 0.2) is 5.89 Å². The molecule has 0 bridgehead atoms. The van der Waals surface area contributed by atoms with Crippen LogP contribution in [0.15, 0.2) is 40.2 Å². The third-order valence-electron chi connectivity index (χ3n) is 8.64. The van der Waals surface area contributed by atoms with Crippen molar-refractivity contribution in [3.63, 3.8) is 0 Å². The molecule has 4 aliphatic rings. The normalized spacial score (nSPS) is 44.6. The zero-order valence-electron chi connectivity index (χ0n) is 16.1. The maximum Gasteiger partial charge on any atom is 0.198 e. The first kappa shape index (κ1) is 16.8. The van der Waals surface area contributed by atoms with Gasteiger partial charge in [-0.15, -0.1) is 0 Å². The second-order valence-corrected chi connectivity index (χ2v) is 9.68. The Morgan fingerprint density at radius 3 is 2.77 bits per heavy atom. The third kappa shape index (κ3) is 2.32. The molecule has 6 atom stereocenters. The van der Waals surface area contributed by atoms with E-state index in [0.29, 0.717) is 10.8 Å². The molecular weight excluding hydrogens is 322 g/mol. The summed E-state index contributed by atoms with van der Waals surface area (Å²) in [6.07, 6.45) is 17.3. The van der Waals surface area contributed by atoms with Crippen molar-refractivity contribution in [2.45, 2.75) is 71.3 Å². The Morgan fingerprint density at radius 1 is 1.12 bits per heavy atom. The van der Waals surface area contributed by atoms with Crippen molar-refractivity contribution in [3.8, 4) is 0 Å². The molecule has 5 rings (SSSR count). The van der Waals surface area contributed by atoms with Crippen LogP contribution in [0.2, 0.25) is 0 Å². The summed E-state index contributed by atoms with van der Waals surface area (Å²) in [5.74, 6) is 3.20. The fourth-order valence-electron chi connectivity index (χ4n) is 7.08. The molecule has 0 radical (unpaired) electrons. The molecule has 2 fully saturated rings. The molecule has 0 aliphatic heterocycles. The lowest BCUT2D eigenvalue weighted by Crippen LogP contribution is -2.50. The highest BCUT2D eigenvalue weighted by molar-refractivity contribution is 5.31. The molecule has 26 heavy (non-hydrogen) atoms. The highest BCUT2D eigenvalue weighted by atomic mass is 16.3. The topological polar surface area (TPSA) is 46.3 Å². The highest BCUT2D eigenvalue weighted by Gasteiger charge is 2.56. The summed E-state index contributed by atoms with van der Waals surface area (Å²) in [5.41, 5.74) is 3.76. The average molecular weight is 354 g/mol. The zero-order chi connectivity index (χ0) is 17.9. The fraction of sp³-hybridized carbons (Fsp3) is 0.696. The second kappa shape index (κ2) is 5.82. The van der Waals surface area contributed by atoms with Crippen molar-refractivity contribution in [3.05, 3.63) is 41.6 Å². The molecule has 1 aromatic rings. The van der Waals surface area contributed by atoms with Gasteiger partial charge in [0.05, 0.1) is 12.3 Å². The van der Waals surface area contributed by atoms with E-state index in [1.165, 1.54) is 32.1 Å². The van der Waals surface area contributed by atoms with Crippen molar-refractivity contribution in [2.75, 3.05) is 0 Å². The predicted octanol–water partition coefficient (Wildman–Crippen LogP) is 5.08. The number of aliphatic hydroxyl groups is 1. The predicted molar refractivity (Wildman–Crippen MR) is 101 cm³/mol. The molecule has 3 heteroatoms. The van der Waals surface area contributed by atoms with Gasteiger partial charge in [-0.1, -0.05) is 37.1 Å². The Balaban J connectivity index is 1.42. The molecular formula is C23H31NO2. The molecule has 140 valence electrons. The van der Waals surface area contributed by atoms with Crippen LogP contribution in [0.4, 0.5) is 0 Å². The maximum absolute atomic E-state index is 10.1. The Morgan fingerprint density at radius 2 is 1.96 bits per heavy atom. The summed E-state index contributed by atoms with van der Waals surface area (Å²) in [6, 6.07) is 0. The van der Waals surface area contributed by atoms with Crippen LogP contribution in [0.5, 0.6) is 0 Å². The van der Waals surface area contributed by atoms with E-state index in [0.717, 1.165) is 42.9 Å². The number of allylic oxidation sites excluding steroid dienone is 3. The van der Waals surface area contributed by atoms with Crippen LogP contribution >= 0.6 is 0 Å². The van der Waals surface area contributed by atoms with Crippen molar-refractivity contribution in [2.24, 2.45) is 28.6 Å². The third-order valence-corrected chi connectivity index (χ3v) is 8.64. The van der Waals surface area contributed by atoms with Crippen LogP contribution in [0.3, 0.4) is 0 Å². The van der Waals surface area contributed by atoms with Gasteiger partial charge >= 0.3 is 0 Å². The molecule has 0 aromatic carbocycles. The van der Waals surface area contributed by atoms with Gasteiger partial charge in [-0.05, 0) is 73.5 Å². The summed E-state index contributed by atoms with van der Waals surface area (Å²) >= 11 is 0. The minimum Gasteiger partial charge on any atom is -0.449 e. The van der Waals surface area contributed by atoms with Gasteiger partial charge in [-0.25, -0.2) is 4.98 Å². The molecule has 0 spiro atoms. The van der Waals surface area contributed by atoms with Crippen LogP contribution in [0.25, 0.3) is 0 Å². The number of aromatic nitrogens is 1. The first-order chi connectivity index (χ1) is 12.5. The molecule has 1 aromatic heterocycles. The monoisotopic (exact) mass is 353 g/mol. The van der Waals surface area contributed by atoms with Gasteiger partial charge in [0, 0.05) is 6.42 Å². The van der Waals surface area contributed by atoms with Crippen LogP contribution < -0.4 is 0 Å². The number of fused-ring (bicyclic) bond motifs is 5. The van der Waals surface area contributed by atoms with Crippen molar-refractivity contribution < 1.29 is 9.52 Å². The van der Waals surface area contributed by atoms with E-state index in [1.807, 2.05) is 0 Å². The number of aliphatic hydroxyl groups excluding tert-OH is 1. The lowest BCUT2D eigenvalue weighted by Gasteiger charge is -2.57. The van der Waals surface area contributed by atoms with Gasteiger partial charge in [-0.2, -0.15) is 0 Å². The second-order valence-electron chi connectivity index (χ2n) is 9.68. The zero-order valence-corrected chi connectivity index (χ0v) is 16.1. The molecule has 0 saturated heterocycles. The van der Waals surface area contributed by atoms with Crippen LogP contribution in [-0.4, -0.2) is 16.2 Å². The Hall–Kier alpha value is -1.35. The molecule has 1 N–H and O–H groups in total. The quantitative estimate of drug-likeness (QED) is 0.754. The van der Waals surface area contributed by atoms with Crippen molar-refractivity contribution in [1.82, 2.24) is 4.98 Å². The molecule has 4 aliphatic carbocycles. The average Bonchev–Trinajstić information content (AvgIpc) is 3.24. The minimum atomic E-state index is -0.111. The molecule has 0 amide bonds. The lowest BCUT2D eigenvalue weighted by atomic mass is 9.47. The maximum atomic E-state index is 10.1. The number of nitrogens with zero attached hydrogens (tertiary/aromatic N) is 1. The van der Waals surface area contributed by atoms with Crippen molar-refractivity contribution in [1.29, 1.82) is 0 Å². The van der Waals surface area contributed by atoms with E-state index in [1.54, 1.807) is 23.6 Å². The summed E-state index contributed by atoms with van der Waals surface area (Å²) in [4.78, 5) is 4.36. The van der Waals surface area contributed by atoms with Gasteiger partial charge in [0.25, 0.3) is 0 Å². The minimum absolute atomic E-state index is 0.111. The number of oxazole rings is 1. The van der Waals surface area contributed by atoms with Gasteiger partial charge < -0.3 is 9.52 Å². The lowest BCUT2D eigenvalue weighted by molar-refractivity contribution is -0.0300. The van der Waals surface area contributed by atoms with Gasteiger partial charge in [-0.3, -0.25) is 0 Å². The van der Waals surface area contributed by atoms with E-state index in [9.17, 15) is 5.11 Å². The summed E-state index contributed by atoms with van der Waals surface area (Å²) in [6.45, 7) is 5.00. The summed E-state index contributed by atoms with van der Waals surface area (Å²) < 4.78 is 5.54. The first-order valence-electron chi connectivity index (χ1n) is 10.5. The number of rotatable bonds is 2. The SMILES string of the molecule is C[C@]12CCC(O)CC1=CC[C@@H]1[C@@H]2CC[C@]2(C)C(Cc3ncco3)=CC[C@@H]12. The van der Waals surface area contributed by atoms with Crippen LogP contribution in [-0.2, 0) is 6.42 Å². The molecule has 1 heterocycles. The largest absolute Gasteiger partial charge is 0.449 e. The molecule has 1 unspecified atom stereocenters. The Labute approximate surface area is 156 Å². The number of hydrogen-bond acceptors (Lipinski definition) is 3. The van der Waals surface area contributed by atoms with E-state index in [4.69, 9.17) is 4.42 Å². The van der Waals surface area contributed by atoms with E-state index in [2.05, 4.69) is 31.0 Å². The molecule has 3 nitrogen and oxygen atoms in total. The fourth-order valence-corrected chi connectivity index (χ4v) is 7.08. The smallest absolute Gasteiger partial charge is 0.198 e. The van der Waals surface area contributed by atoms with Crippen molar-refractivity contribution >= 4 is 0 Å². The van der Waals surface area contributed by atoms with Crippen LogP contribution in [0, 0.1) is 28.6 Å². The van der Waals surface area contributed by atoms with E-state index in [-0.39, 0.29) is 6.10 Å². The standard InChI is InChI=1S/C23H31NO2/c1-22-9-7-17(25)13-15(22)3-5-18-19-6-4-16(14-21-24-11-12-26-21)23(19,2)10-8-20(18)22/h3-4,11-12,17-20,25H,5-10,13-14H2,1-2H3/t17?,18-,19-,20-,22-,23+/m0/s1. The van der Waals surface area contributed by atoms with E-state index >= 15 is 0 Å². The molecule has 2 saturated carbocycles. The van der Waals surface area contributed by atoms with Crippen LogP contribution in [0.1, 0.15) is 64.7 Å². The van der Waals surface area contributed by atoms with E-state index < -0.39 is 0 Å². The summed E-state index contributed by atoms with van der Waals surface area (Å²) in [5, 5.41) is 10.1. The first-order valence-corrected chi connectivity index (χ1v) is 10.5.